The van der Waals surface area contributed by atoms with E-state index in [1.807, 2.05) is 41.5 Å². The van der Waals surface area contributed by atoms with E-state index in [9.17, 15) is 24.7 Å². The van der Waals surface area contributed by atoms with Gasteiger partial charge in [0.2, 0.25) is 11.8 Å². The maximum Gasteiger partial charge on any atom is 0.243 e. The highest BCUT2D eigenvalue weighted by Gasteiger charge is 2.70. The predicted octanol–water partition coefficient (Wildman–Crippen LogP) is 7.95. The van der Waals surface area contributed by atoms with E-state index < -0.39 is 22.5 Å². The summed E-state index contributed by atoms with van der Waals surface area (Å²) in [5, 5.41) is 31.7. The van der Waals surface area contributed by atoms with Crippen molar-refractivity contribution in [2.45, 2.75) is 190 Å². The van der Waals surface area contributed by atoms with E-state index in [-0.39, 0.29) is 74.6 Å². The first-order valence-corrected chi connectivity index (χ1v) is 20.7. The van der Waals surface area contributed by atoms with Crippen LogP contribution in [0.2, 0.25) is 0 Å². The number of nitrogens with one attached hydrogen (secondary N) is 2. The number of aliphatic hydroxyl groups is 1. The fourth-order valence-corrected chi connectivity index (χ4v) is 13.9. The summed E-state index contributed by atoms with van der Waals surface area (Å²) >= 11 is 0. The molecule has 0 unspecified atom stereocenters. The maximum atomic E-state index is 14.7. The molecule has 0 spiro atoms. The Labute approximate surface area is 315 Å². The van der Waals surface area contributed by atoms with Gasteiger partial charge in [-0.3, -0.25) is 14.4 Å². The number of piperidine rings is 1. The number of amides is 2. The van der Waals surface area contributed by atoms with Crippen molar-refractivity contribution in [1.82, 2.24) is 15.7 Å². The minimum Gasteiger partial charge on any atom is -0.393 e. The molecule has 6 rings (SSSR count). The number of fused-ring (bicyclic) bond motifs is 7. The molecule has 52 heavy (non-hydrogen) atoms. The quantitative estimate of drug-likeness (QED) is 0.266. The van der Waals surface area contributed by atoms with E-state index in [1.54, 1.807) is 0 Å². The van der Waals surface area contributed by atoms with Gasteiger partial charge in [-0.15, -0.1) is 10.3 Å². The van der Waals surface area contributed by atoms with Gasteiger partial charge in [0.05, 0.1) is 6.10 Å². The number of aliphatic hydroxyl groups excluding tert-OH is 1. The predicted molar refractivity (Wildman–Crippen MR) is 204 cm³/mol. The van der Waals surface area contributed by atoms with Crippen LogP contribution in [0.4, 0.5) is 0 Å². The van der Waals surface area contributed by atoms with Crippen molar-refractivity contribution in [3.8, 4) is 0 Å². The van der Waals surface area contributed by atoms with Crippen molar-refractivity contribution < 1.29 is 24.7 Å². The van der Waals surface area contributed by atoms with Gasteiger partial charge in [-0.1, -0.05) is 67.9 Å². The third kappa shape index (κ3) is 5.80. The first-order valence-electron chi connectivity index (χ1n) is 20.7. The molecular weight excluding hydrogens is 651 g/mol. The summed E-state index contributed by atoms with van der Waals surface area (Å²) in [4.78, 5) is 43.1. The number of hydrogen-bond donors (Lipinski definition) is 3. The van der Waals surface area contributed by atoms with Crippen LogP contribution < -0.4 is 10.6 Å². The van der Waals surface area contributed by atoms with Crippen LogP contribution in [0.1, 0.15) is 161 Å². The Kier molecular flexibility index (Phi) is 9.49. The minimum absolute atomic E-state index is 0.0114. The molecule has 1 saturated heterocycles. The van der Waals surface area contributed by atoms with Gasteiger partial charge in [-0.05, 0) is 149 Å². The molecule has 1 heterocycles. The smallest absolute Gasteiger partial charge is 0.243 e. The lowest BCUT2D eigenvalue weighted by atomic mass is 9.33. The summed E-state index contributed by atoms with van der Waals surface area (Å²) in [5.74, 6) is 0.219. The molecule has 8 nitrogen and oxygen atoms in total. The molecule has 6 aliphatic rings. The van der Waals surface area contributed by atoms with Crippen molar-refractivity contribution >= 4 is 17.6 Å². The Hall–Kier alpha value is -1.77. The summed E-state index contributed by atoms with van der Waals surface area (Å²) in [5.41, 5.74) is -1.34. The van der Waals surface area contributed by atoms with Gasteiger partial charge in [0.15, 0.2) is 5.78 Å². The Morgan fingerprint density at radius 3 is 2.02 bits per heavy atom. The third-order valence-corrected chi connectivity index (χ3v) is 17.3. The molecule has 4 saturated carbocycles. The molecule has 0 bridgehead atoms. The zero-order valence-corrected chi connectivity index (χ0v) is 34.9. The fraction of sp³-hybridized carbons (Fsp3) is 0.886. The molecule has 293 valence electrons. The largest absolute Gasteiger partial charge is 0.393 e. The lowest BCUT2D eigenvalue weighted by Gasteiger charge is -2.70. The van der Waals surface area contributed by atoms with E-state index in [1.165, 1.54) is 10.6 Å². The van der Waals surface area contributed by atoms with Crippen LogP contribution in [-0.2, 0) is 19.6 Å². The molecule has 1 aliphatic heterocycles. The number of hydrogen-bond acceptors (Lipinski definition) is 5. The van der Waals surface area contributed by atoms with E-state index in [0.29, 0.717) is 25.2 Å². The third-order valence-electron chi connectivity index (χ3n) is 17.3. The van der Waals surface area contributed by atoms with Gasteiger partial charge in [-0.2, -0.15) is 0 Å². The number of rotatable bonds is 5. The van der Waals surface area contributed by atoms with Crippen LogP contribution in [0.3, 0.4) is 0 Å². The number of allylic oxidation sites excluding steroid dienone is 2. The summed E-state index contributed by atoms with van der Waals surface area (Å²) < 4.78 is 0. The van der Waals surface area contributed by atoms with Gasteiger partial charge in [0, 0.05) is 28.5 Å². The van der Waals surface area contributed by atoms with Crippen LogP contribution in [-0.4, -0.2) is 57.0 Å². The zero-order valence-electron chi connectivity index (χ0n) is 34.9. The molecule has 1 radical (unpaired) electrons. The second-order valence-electron chi connectivity index (χ2n) is 22.4. The first-order chi connectivity index (χ1) is 23.7. The Balaban J connectivity index is 1.25. The average molecular weight is 723 g/mol. The van der Waals surface area contributed by atoms with Crippen LogP contribution in [0.25, 0.3) is 0 Å². The summed E-state index contributed by atoms with van der Waals surface area (Å²) in [6.45, 7) is 27.8. The topological polar surface area (TPSA) is 119 Å². The lowest BCUT2D eigenvalue weighted by Crippen LogP contribution is -2.66. The molecule has 8 heteroatoms. The second-order valence-corrected chi connectivity index (χ2v) is 22.4. The number of carbonyl (C=O) groups is 3. The van der Waals surface area contributed by atoms with Crippen molar-refractivity contribution in [2.24, 2.45) is 56.2 Å². The Morgan fingerprint density at radius 1 is 0.827 bits per heavy atom. The molecule has 2 amide bonds. The highest BCUT2D eigenvalue weighted by Crippen LogP contribution is 2.75. The first kappa shape index (κ1) is 39.9. The highest BCUT2D eigenvalue weighted by molar-refractivity contribution is 5.96. The van der Waals surface area contributed by atoms with Crippen LogP contribution in [0.5, 0.6) is 0 Å². The Bertz CT molecular complexity index is 1500. The molecule has 10 atom stereocenters. The SMILES string of the molecule is CC(C)[C@H](NC(=O)[C@@]1(C)CC[C@]2(C)CC[C@]3(C)C(=CC(=O)[C@@H]4[C@@]5(C)CC[C@H](O)C(C)(C)[C@@H]5CC[C@]43C)[C@@H]2C1)C(=O)NC1CC(C)(C)N([O])C(C)(C)C1. The van der Waals surface area contributed by atoms with Gasteiger partial charge < -0.3 is 15.7 Å². The molecular formula is C44H72N3O5. The van der Waals surface area contributed by atoms with Gasteiger partial charge in [-0.25, -0.2) is 0 Å². The molecule has 0 aromatic heterocycles. The summed E-state index contributed by atoms with van der Waals surface area (Å²) in [6, 6.07) is -0.843. The van der Waals surface area contributed by atoms with Gasteiger partial charge in [0.1, 0.15) is 6.04 Å². The average Bonchev–Trinajstić information content (AvgIpc) is 3.01. The molecule has 0 aromatic carbocycles. The Morgan fingerprint density at radius 2 is 1.42 bits per heavy atom. The maximum absolute atomic E-state index is 14.7. The van der Waals surface area contributed by atoms with Crippen molar-refractivity contribution in [3.63, 3.8) is 0 Å². The van der Waals surface area contributed by atoms with Gasteiger partial charge >= 0.3 is 0 Å². The van der Waals surface area contributed by atoms with Crippen LogP contribution >= 0.6 is 0 Å². The molecule has 5 fully saturated rings. The second kappa shape index (κ2) is 12.4. The molecule has 5 aliphatic carbocycles. The lowest BCUT2D eigenvalue weighted by molar-refractivity contribution is -0.290. The zero-order chi connectivity index (χ0) is 38.8. The van der Waals surface area contributed by atoms with E-state index in [4.69, 9.17) is 0 Å². The van der Waals surface area contributed by atoms with E-state index in [2.05, 4.69) is 65.2 Å². The van der Waals surface area contributed by atoms with E-state index in [0.717, 1.165) is 51.4 Å². The molecule has 0 aromatic rings. The minimum atomic E-state index is -0.685. The van der Waals surface area contributed by atoms with Crippen LogP contribution in [0, 0.1) is 56.2 Å². The standard InChI is InChI=1S/C44H72N3O5/c1-26(2)33(35(50)45-27-23-37(3,4)47(52)38(5,6)24-27)46-36(51)41(10)19-18-40(9)20-21-43(12)28(29(40)25-41)22-30(48)34-42(11)16-15-32(49)39(7,8)31(42)14-17-44(34,43)13/h22,26-27,29,31-34,49H,14-21,23-25H2,1-13H3,(H,45,50)(H,46,51)/t29-,31-,32-,33-,34+,40+,41-,42-,43+,44+/m0/s1. The number of ketones is 1. The van der Waals surface area contributed by atoms with Crippen molar-refractivity contribution in [3.05, 3.63) is 11.6 Å². The van der Waals surface area contributed by atoms with Crippen molar-refractivity contribution in [2.75, 3.05) is 0 Å². The number of hydroxylamine groups is 2. The van der Waals surface area contributed by atoms with E-state index >= 15 is 0 Å². The molecule has 3 N–H and O–H groups in total. The fourth-order valence-electron chi connectivity index (χ4n) is 13.9. The monoisotopic (exact) mass is 723 g/mol. The highest BCUT2D eigenvalue weighted by atomic mass is 16.5. The van der Waals surface area contributed by atoms with Crippen LogP contribution in [0.15, 0.2) is 11.6 Å². The number of nitrogens with zero attached hydrogens (tertiary/aromatic N) is 1. The van der Waals surface area contributed by atoms with Gasteiger partial charge in [0.25, 0.3) is 0 Å². The number of carbonyl (C=O) groups excluding carboxylic acids is 3. The summed E-state index contributed by atoms with van der Waals surface area (Å²) in [7, 11) is 0. The van der Waals surface area contributed by atoms with Crippen molar-refractivity contribution in [1.29, 1.82) is 0 Å². The summed E-state index contributed by atoms with van der Waals surface area (Å²) in [6.07, 6.45) is 10.9. The normalized spacial score (nSPS) is 44.7.